The molecule has 0 spiro atoms. The zero-order valence-corrected chi connectivity index (χ0v) is 11.2. The van der Waals surface area contributed by atoms with Crippen LogP contribution < -0.4 is 5.73 Å². The van der Waals surface area contributed by atoms with Crippen LogP contribution in [0.2, 0.25) is 0 Å². The molecule has 2 amide bonds. The van der Waals surface area contributed by atoms with E-state index in [1.807, 2.05) is 6.92 Å². The number of carbonyl (C=O) groups excluding carboxylic acids is 2. The Morgan fingerprint density at radius 1 is 1.33 bits per heavy atom. The van der Waals surface area contributed by atoms with Crippen LogP contribution in [0.5, 0.6) is 0 Å². The molecule has 104 valence electrons. The Hall–Kier alpha value is -1.10. The lowest BCUT2D eigenvalue weighted by molar-refractivity contribution is -0.139. The van der Waals surface area contributed by atoms with Crippen molar-refractivity contribution in [3.63, 3.8) is 0 Å². The monoisotopic (exact) mass is 256 g/mol. The summed E-state index contributed by atoms with van der Waals surface area (Å²) in [6.07, 6.45) is 5.20. The van der Waals surface area contributed by atoms with Crippen molar-refractivity contribution >= 4 is 11.8 Å². The second-order valence-electron chi connectivity index (χ2n) is 5.24. The highest BCUT2D eigenvalue weighted by Gasteiger charge is 2.34. The highest BCUT2D eigenvalue weighted by molar-refractivity contribution is 5.84. The van der Waals surface area contributed by atoms with Gasteiger partial charge in [-0.3, -0.25) is 9.59 Å². The van der Waals surface area contributed by atoms with E-state index in [4.69, 9.17) is 5.73 Å². The summed E-state index contributed by atoms with van der Waals surface area (Å²) in [5.74, 6) is -0.662. The normalized spacial score (nSPS) is 17.7. The molecule has 0 saturated heterocycles. The smallest absolute Gasteiger partial charge is 0.237 e. The summed E-state index contributed by atoms with van der Waals surface area (Å²) < 4.78 is 0. The molecule has 18 heavy (non-hydrogen) atoms. The Balaban J connectivity index is 2.54. The van der Waals surface area contributed by atoms with Crippen molar-refractivity contribution < 1.29 is 14.7 Å². The minimum atomic E-state index is -0.862. The standard InChI is InChI=1S/C13H24N2O3/c1-2-3-8-15(10-11(14)16)12(17)9-13(18)6-4-5-7-13/h18H,2-10H2,1H3,(H2,14,16). The van der Waals surface area contributed by atoms with Gasteiger partial charge in [-0.1, -0.05) is 26.2 Å². The van der Waals surface area contributed by atoms with Crippen molar-refractivity contribution in [1.29, 1.82) is 0 Å². The van der Waals surface area contributed by atoms with Crippen molar-refractivity contribution in [2.24, 2.45) is 5.73 Å². The van der Waals surface area contributed by atoms with Crippen molar-refractivity contribution in [2.75, 3.05) is 13.1 Å². The largest absolute Gasteiger partial charge is 0.389 e. The molecule has 0 bridgehead atoms. The number of aliphatic hydroxyl groups is 1. The molecule has 1 aliphatic carbocycles. The van der Waals surface area contributed by atoms with Gasteiger partial charge in [0.15, 0.2) is 0 Å². The number of unbranched alkanes of at least 4 members (excludes halogenated alkanes) is 1. The Morgan fingerprint density at radius 2 is 1.94 bits per heavy atom. The first-order chi connectivity index (χ1) is 8.47. The fraction of sp³-hybridized carbons (Fsp3) is 0.846. The van der Waals surface area contributed by atoms with Crippen LogP contribution in [0.1, 0.15) is 51.9 Å². The van der Waals surface area contributed by atoms with Crippen LogP contribution in [0.4, 0.5) is 0 Å². The van der Waals surface area contributed by atoms with Gasteiger partial charge in [-0.25, -0.2) is 0 Å². The van der Waals surface area contributed by atoms with Crippen LogP contribution >= 0.6 is 0 Å². The maximum Gasteiger partial charge on any atom is 0.237 e. The summed E-state index contributed by atoms with van der Waals surface area (Å²) in [5, 5.41) is 10.2. The molecule has 0 aromatic carbocycles. The molecule has 0 atom stereocenters. The van der Waals surface area contributed by atoms with Crippen LogP contribution in [0, 0.1) is 0 Å². The zero-order chi connectivity index (χ0) is 13.6. The van der Waals surface area contributed by atoms with Gasteiger partial charge in [0, 0.05) is 6.54 Å². The van der Waals surface area contributed by atoms with E-state index in [1.165, 1.54) is 4.90 Å². The van der Waals surface area contributed by atoms with Crippen molar-refractivity contribution in [2.45, 2.75) is 57.5 Å². The van der Waals surface area contributed by atoms with Gasteiger partial charge in [0.25, 0.3) is 0 Å². The Morgan fingerprint density at radius 3 is 2.44 bits per heavy atom. The molecule has 1 saturated carbocycles. The van der Waals surface area contributed by atoms with Gasteiger partial charge >= 0.3 is 0 Å². The van der Waals surface area contributed by atoms with Crippen molar-refractivity contribution in [3.8, 4) is 0 Å². The number of hydrogen-bond donors (Lipinski definition) is 2. The van der Waals surface area contributed by atoms with Gasteiger partial charge in [0.1, 0.15) is 0 Å². The fourth-order valence-corrected chi connectivity index (χ4v) is 2.43. The summed E-state index contributed by atoms with van der Waals surface area (Å²) >= 11 is 0. The molecule has 0 unspecified atom stereocenters. The van der Waals surface area contributed by atoms with Gasteiger partial charge in [0.05, 0.1) is 18.6 Å². The lowest BCUT2D eigenvalue weighted by atomic mass is 9.97. The van der Waals surface area contributed by atoms with Crippen LogP contribution in [0.3, 0.4) is 0 Å². The van der Waals surface area contributed by atoms with Crippen LogP contribution in [-0.2, 0) is 9.59 Å². The minimum Gasteiger partial charge on any atom is -0.389 e. The number of hydrogen-bond acceptors (Lipinski definition) is 3. The maximum atomic E-state index is 12.1. The van der Waals surface area contributed by atoms with Gasteiger partial charge in [-0.05, 0) is 19.3 Å². The third-order valence-electron chi connectivity index (χ3n) is 3.50. The average Bonchev–Trinajstić information content (AvgIpc) is 2.70. The summed E-state index contributed by atoms with van der Waals surface area (Å²) in [6.45, 7) is 2.51. The molecule has 0 heterocycles. The number of nitrogens with zero attached hydrogens (tertiary/aromatic N) is 1. The maximum absolute atomic E-state index is 12.1. The second-order valence-corrected chi connectivity index (χ2v) is 5.24. The van der Waals surface area contributed by atoms with Gasteiger partial charge < -0.3 is 15.7 Å². The number of rotatable bonds is 7. The number of carbonyl (C=O) groups is 2. The predicted octanol–water partition coefficient (Wildman–Crippen LogP) is 0.796. The van der Waals surface area contributed by atoms with E-state index in [2.05, 4.69) is 0 Å². The lowest BCUT2D eigenvalue weighted by Crippen LogP contribution is -2.42. The third kappa shape index (κ3) is 4.64. The molecule has 1 aliphatic rings. The van der Waals surface area contributed by atoms with E-state index >= 15 is 0 Å². The fourth-order valence-electron chi connectivity index (χ4n) is 2.43. The first kappa shape index (κ1) is 15.0. The third-order valence-corrected chi connectivity index (χ3v) is 3.50. The van der Waals surface area contributed by atoms with E-state index in [1.54, 1.807) is 0 Å². The van der Waals surface area contributed by atoms with E-state index in [9.17, 15) is 14.7 Å². The molecule has 5 heteroatoms. The molecule has 1 fully saturated rings. The van der Waals surface area contributed by atoms with Crippen LogP contribution in [-0.4, -0.2) is 40.5 Å². The SMILES string of the molecule is CCCCN(CC(N)=O)C(=O)CC1(O)CCCC1. The van der Waals surface area contributed by atoms with E-state index in [0.29, 0.717) is 19.4 Å². The van der Waals surface area contributed by atoms with Crippen LogP contribution in [0.25, 0.3) is 0 Å². The molecule has 0 aromatic heterocycles. The summed E-state index contributed by atoms with van der Waals surface area (Å²) in [4.78, 5) is 24.5. The highest BCUT2D eigenvalue weighted by atomic mass is 16.3. The Kier molecular flexibility index (Phi) is 5.59. The number of amides is 2. The van der Waals surface area contributed by atoms with E-state index in [0.717, 1.165) is 25.7 Å². The van der Waals surface area contributed by atoms with Gasteiger partial charge in [-0.15, -0.1) is 0 Å². The van der Waals surface area contributed by atoms with Crippen LogP contribution in [0.15, 0.2) is 0 Å². The molecular weight excluding hydrogens is 232 g/mol. The zero-order valence-electron chi connectivity index (χ0n) is 11.2. The van der Waals surface area contributed by atoms with Crippen molar-refractivity contribution in [1.82, 2.24) is 4.90 Å². The average molecular weight is 256 g/mol. The molecule has 1 rings (SSSR count). The van der Waals surface area contributed by atoms with E-state index in [-0.39, 0.29) is 18.9 Å². The van der Waals surface area contributed by atoms with Crippen molar-refractivity contribution in [3.05, 3.63) is 0 Å². The number of nitrogens with two attached hydrogens (primary N) is 1. The van der Waals surface area contributed by atoms with Gasteiger partial charge in [-0.2, -0.15) is 0 Å². The number of primary amides is 1. The Bertz CT molecular complexity index is 299. The summed E-state index contributed by atoms with van der Waals surface area (Å²) in [7, 11) is 0. The van der Waals surface area contributed by atoms with Gasteiger partial charge in [0.2, 0.25) is 11.8 Å². The Labute approximate surface area is 108 Å². The molecule has 0 aromatic rings. The quantitative estimate of drug-likeness (QED) is 0.706. The predicted molar refractivity (Wildman–Crippen MR) is 68.7 cm³/mol. The van der Waals surface area contributed by atoms with E-state index < -0.39 is 11.5 Å². The molecule has 5 nitrogen and oxygen atoms in total. The first-order valence-corrected chi connectivity index (χ1v) is 6.75. The molecule has 0 radical (unpaired) electrons. The highest BCUT2D eigenvalue weighted by Crippen LogP contribution is 2.32. The molecular formula is C13H24N2O3. The summed E-state index contributed by atoms with van der Waals surface area (Å²) in [6, 6.07) is 0. The topological polar surface area (TPSA) is 83.6 Å². The molecule has 3 N–H and O–H groups in total. The minimum absolute atomic E-state index is 0.0467. The molecule has 0 aliphatic heterocycles. The summed E-state index contributed by atoms with van der Waals surface area (Å²) in [5.41, 5.74) is 4.29. The second kappa shape index (κ2) is 6.73. The lowest BCUT2D eigenvalue weighted by Gasteiger charge is -2.27. The first-order valence-electron chi connectivity index (χ1n) is 6.75.